The van der Waals surface area contributed by atoms with E-state index in [0.29, 0.717) is 5.39 Å². The Labute approximate surface area is 179 Å². The minimum Gasteiger partial charge on any atom is -0.511 e. The van der Waals surface area contributed by atoms with E-state index >= 15 is 0 Å². The summed E-state index contributed by atoms with van der Waals surface area (Å²) < 4.78 is 31.6. The van der Waals surface area contributed by atoms with Crippen molar-refractivity contribution in [1.29, 1.82) is 0 Å². The minimum atomic E-state index is -4.67. The number of hydrogen-bond donors (Lipinski definition) is 7. The molecule has 2 unspecified atom stereocenters. The predicted molar refractivity (Wildman–Crippen MR) is 107 cm³/mol. The number of aromatic hydroxyl groups is 2. The molecule has 4 rings (SSSR count). The second-order valence-electron chi connectivity index (χ2n) is 6.92. The number of phenolic OH excluding ortho intramolecular Hbond substituents is 2. The van der Waals surface area contributed by atoms with Gasteiger partial charge in [0.1, 0.15) is 17.3 Å². The molecular formula is C19H15NO11S. The van der Waals surface area contributed by atoms with Gasteiger partial charge in [-0.1, -0.05) is 12.1 Å². The zero-order valence-corrected chi connectivity index (χ0v) is 16.6. The quantitative estimate of drug-likeness (QED) is 0.219. The molecule has 0 bridgehead atoms. The lowest BCUT2D eigenvalue weighted by Gasteiger charge is -2.36. The summed E-state index contributed by atoms with van der Waals surface area (Å²) in [6, 6.07) is 5.95. The van der Waals surface area contributed by atoms with Gasteiger partial charge < -0.3 is 26.2 Å². The van der Waals surface area contributed by atoms with Gasteiger partial charge in [-0.25, -0.2) is 0 Å². The van der Waals surface area contributed by atoms with E-state index in [-0.39, 0.29) is 27.8 Å². The molecule has 0 aliphatic heterocycles. The first-order valence-corrected chi connectivity index (χ1v) is 9.98. The maximum absolute atomic E-state index is 13.0. The molecule has 2 aromatic carbocycles. The van der Waals surface area contributed by atoms with Gasteiger partial charge in [0, 0.05) is 5.57 Å². The van der Waals surface area contributed by atoms with Crippen LogP contribution in [0.2, 0.25) is 0 Å². The molecule has 0 saturated carbocycles. The van der Waals surface area contributed by atoms with E-state index in [9.17, 15) is 34.8 Å². The number of hydrogen-bond acceptors (Lipinski definition) is 9. The SMILES string of the molecule is NC(=O)C1C(=O)C2(O)C(=O)c3c(cc4cccc(O)c4c3O)C=C2C=C1O.O=S(=O)(O)O. The Morgan fingerprint density at radius 3 is 2.22 bits per heavy atom. The third-order valence-corrected chi connectivity index (χ3v) is 4.93. The zero-order valence-electron chi connectivity index (χ0n) is 15.8. The van der Waals surface area contributed by atoms with Crippen LogP contribution in [0.15, 0.2) is 41.7 Å². The Hall–Kier alpha value is -3.78. The summed E-state index contributed by atoms with van der Waals surface area (Å²) >= 11 is 0. The lowest BCUT2D eigenvalue weighted by Crippen LogP contribution is -2.56. The summed E-state index contributed by atoms with van der Waals surface area (Å²) in [5, 5.41) is 41.8. The molecule has 0 fully saturated rings. The van der Waals surface area contributed by atoms with Gasteiger partial charge in [-0.05, 0) is 35.2 Å². The first kappa shape index (κ1) is 22.9. The van der Waals surface area contributed by atoms with Crippen LogP contribution >= 0.6 is 0 Å². The molecule has 32 heavy (non-hydrogen) atoms. The molecule has 0 radical (unpaired) electrons. The highest BCUT2D eigenvalue weighted by Gasteiger charge is 2.57. The number of fused-ring (bicyclic) bond motifs is 3. The van der Waals surface area contributed by atoms with E-state index in [1.807, 2.05) is 0 Å². The molecule has 2 aromatic rings. The second kappa shape index (κ2) is 7.42. The second-order valence-corrected chi connectivity index (χ2v) is 7.82. The Kier molecular flexibility index (Phi) is 5.31. The minimum absolute atomic E-state index is 0.0156. The van der Waals surface area contributed by atoms with Crippen molar-refractivity contribution in [3.8, 4) is 11.5 Å². The molecule has 1 amide bonds. The Morgan fingerprint density at radius 2 is 1.66 bits per heavy atom. The number of aliphatic hydroxyl groups excluding tert-OH is 1. The number of nitrogens with two attached hydrogens (primary N) is 1. The first-order chi connectivity index (χ1) is 14.7. The summed E-state index contributed by atoms with van der Waals surface area (Å²) in [5.74, 6) is -7.14. The fraction of sp³-hybridized carbons (Fsp3) is 0.105. The van der Waals surface area contributed by atoms with Crippen LogP contribution in [0, 0.1) is 5.92 Å². The van der Waals surface area contributed by atoms with Gasteiger partial charge in [0.25, 0.3) is 0 Å². The van der Waals surface area contributed by atoms with Gasteiger partial charge in [-0.2, -0.15) is 8.42 Å². The molecule has 168 valence electrons. The average molecular weight is 465 g/mol. The number of carbonyl (C=O) groups is 3. The van der Waals surface area contributed by atoms with Crippen molar-refractivity contribution in [1.82, 2.24) is 0 Å². The van der Waals surface area contributed by atoms with Gasteiger partial charge in [-0.15, -0.1) is 0 Å². The third kappa shape index (κ3) is 3.58. The van der Waals surface area contributed by atoms with Crippen molar-refractivity contribution < 1.29 is 52.3 Å². The summed E-state index contributed by atoms with van der Waals surface area (Å²) in [5.41, 5.74) is 1.90. The molecule has 2 aliphatic rings. The molecule has 2 atom stereocenters. The largest absolute Gasteiger partial charge is 0.511 e. The summed E-state index contributed by atoms with van der Waals surface area (Å²) in [6.07, 6.45) is 2.20. The fourth-order valence-electron chi connectivity index (χ4n) is 3.63. The van der Waals surface area contributed by atoms with E-state index < -0.39 is 50.9 Å². The molecule has 0 spiro atoms. The Balaban J connectivity index is 0.000000523. The number of ketones is 2. The predicted octanol–water partition coefficient (Wildman–Crippen LogP) is 0.0351. The Morgan fingerprint density at radius 1 is 1.06 bits per heavy atom. The molecule has 0 heterocycles. The van der Waals surface area contributed by atoms with Crippen LogP contribution in [0.1, 0.15) is 15.9 Å². The number of primary amides is 1. The maximum atomic E-state index is 13.0. The van der Waals surface area contributed by atoms with Crippen LogP contribution in [-0.4, -0.2) is 61.0 Å². The van der Waals surface area contributed by atoms with Crippen LogP contribution in [-0.2, 0) is 20.0 Å². The van der Waals surface area contributed by atoms with Crippen LogP contribution in [0.4, 0.5) is 0 Å². The highest BCUT2D eigenvalue weighted by molar-refractivity contribution is 7.79. The molecule has 0 aromatic heterocycles. The van der Waals surface area contributed by atoms with Gasteiger partial charge in [-0.3, -0.25) is 23.5 Å². The topological polar surface area (TPSA) is 233 Å². The van der Waals surface area contributed by atoms with Gasteiger partial charge in [0.15, 0.2) is 11.7 Å². The lowest BCUT2D eigenvalue weighted by atomic mass is 9.68. The van der Waals surface area contributed by atoms with Crippen molar-refractivity contribution in [3.63, 3.8) is 0 Å². The highest BCUT2D eigenvalue weighted by Crippen LogP contribution is 2.46. The highest BCUT2D eigenvalue weighted by atomic mass is 32.3. The molecule has 13 heteroatoms. The normalized spacial score (nSPS) is 22.2. The van der Waals surface area contributed by atoms with Crippen LogP contribution in [0.5, 0.6) is 11.5 Å². The van der Waals surface area contributed by atoms with E-state index in [2.05, 4.69) is 0 Å². The van der Waals surface area contributed by atoms with Crippen molar-refractivity contribution in [3.05, 3.63) is 52.8 Å². The molecule has 2 aliphatic carbocycles. The molecule has 12 nitrogen and oxygen atoms in total. The number of rotatable bonds is 1. The van der Waals surface area contributed by atoms with E-state index in [0.717, 1.165) is 6.08 Å². The number of aliphatic hydroxyl groups is 2. The first-order valence-electron chi connectivity index (χ1n) is 8.59. The average Bonchev–Trinajstić information content (AvgIpc) is 2.63. The van der Waals surface area contributed by atoms with Crippen molar-refractivity contribution in [2.45, 2.75) is 5.60 Å². The number of carbonyl (C=O) groups excluding carboxylic acids is 3. The summed E-state index contributed by atoms with van der Waals surface area (Å²) in [6.45, 7) is 0. The summed E-state index contributed by atoms with van der Waals surface area (Å²) in [4.78, 5) is 37.2. The van der Waals surface area contributed by atoms with Gasteiger partial charge in [0.05, 0.1) is 10.9 Å². The van der Waals surface area contributed by atoms with E-state index in [1.165, 1.54) is 18.2 Å². The number of Topliss-reactive ketones (excluding diaryl/α,β-unsaturated/α-hetero) is 2. The zero-order chi connectivity index (χ0) is 24.2. The standard InChI is InChI=1S/C19H13NO7.H2O4S/c20-18(26)14-11(22)6-9-5-8-4-7-2-1-3-10(21)12(7)15(23)13(8)16(24)19(9,27)17(14)25;1-5(2,3)4/h1-6,14,21-23,27H,(H2,20,26);(H2,1,2,3,4). The van der Waals surface area contributed by atoms with Crippen molar-refractivity contribution in [2.75, 3.05) is 0 Å². The maximum Gasteiger partial charge on any atom is 0.394 e. The molecular weight excluding hydrogens is 450 g/mol. The van der Waals surface area contributed by atoms with Crippen LogP contribution < -0.4 is 5.73 Å². The number of benzene rings is 2. The lowest BCUT2D eigenvalue weighted by molar-refractivity contribution is -0.140. The van der Waals surface area contributed by atoms with Gasteiger partial charge in [0.2, 0.25) is 17.3 Å². The van der Waals surface area contributed by atoms with E-state index in [1.54, 1.807) is 12.1 Å². The smallest absolute Gasteiger partial charge is 0.394 e. The molecule has 8 N–H and O–H groups in total. The fourth-order valence-corrected chi connectivity index (χ4v) is 3.63. The third-order valence-electron chi connectivity index (χ3n) is 4.93. The van der Waals surface area contributed by atoms with Crippen molar-refractivity contribution >= 4 is 44.7 Å². The van der Waals surface area contributed by atoms with Crippen LogP contribution in [0.25, 0.3) is 16.8 Å². The van der Waals surface area contributed by atoms with Crippen molar-refractivity contribution in [2.24, 2.45) is 11.7 Å². The Bertz CT molecular complexity index is 1370. The summed E-state index contributed by atoms with van der Waals surface area (Å²) in [7, 11) is -4.67. The monoisotopic (exact) mass is 465 g/mol. The number of phenols is 2. The number of amides is 1. The van der Waals surface area contributed by atoms with E-state index in [4.69, 9.17) is 23.3 Å². The molecule has 0 saturated heterocycles. The van der Waals surface area contributed by atoms with Gasteiger partial charge >= 0.3 is 10.4 Å². The van der Waals surface area contributed by atoms with Crippen LogP contribution in [0.3, 0.4) is 0 Å².